The SMILES string of the molecule is NS(=O)(=O)N1CCC(C(=O)NC(CCC(=O)O)Cc2ccccc2)CC1. The lowest BCUT2D eigenvalue weighted by Crippen LogP contribution is -2.47. The minimum atomic E-state index is -3.72. The number of nitrogens with zero attached hydrogens (tertiary/aromatic N) is 1. The second-order valence-corrected chi connectivity index (χ2v) is 8.09. The lowest BCUT2D eigenvalue weighted by atomic mass is 9.95. The molecule has 9 heteroatoms. The van der Waals surface area contributed by atoms with Gasteiger partial charge in [-0.3, -0.25) is 9.59 Å². The Morgan fingerprint density at radius 2 is 1.85 bits per heavy atom. The average Bonchev–Trinajstić information content (AvgIpc) is 2.60. The lowest BCUT2D eigenvalue weighted by Gasteiger charge is -2.30. The second kappa shape index (κ2) is 9.11. The molecule has 1 aliphatic heterocycles. The molecule has 1 aliphatic rings. The van der Waals surface area contributed by atoms with Crippen molar-refractivity contribution in [1.82, 2.24) is 9.62 Å². The number of piperidine rings is 1. The molecule has 0 saturated carbocycles. The smallest absolute Gasteiger partial charge is 0.303 e. The Balaban J connectivity index is 1.94. The quantitative estimate of drug-likeness (QED) is 0.602. The third-order valence-electron chi connectivity index (χ3n) is 4.56. The van der Waals surface area contributed by atoms with Crippen LogP contribution >= 0.6 is 0 Å². The fourth-order valence-electron chi connectivity index (χ4n) is 3.11. The summed E-state index contributed by atoms with van der Waals surface area (Å²) in [7, 11) is -3.72. The van der Waals surface area contributed by atoms with Gasteiger partial charge in [-0.05, 0) is 31.2 Å². The van der Waals surface area contributed by atoms with Crippen LogP contribution in [0.25, 0.3) is 0 Å². The van der Waals surface area contributed by atoms with Crippen molar-refractivity contribution in [2.24, 2.45) is 11.1 Å². The zero-order valence-electron chi connectivity index (χ0n) is 14.5. The molecule has 1 amide bonds. The van der Waals surface area contributed by atoms with Crippen LogP contribution in [0.15, 0.2) is 30.3 Å². The molecule has 8 nitrogen and oxygen atoms in total. The zero-order chi connectivity index (χ0) is 19.2. The first-order valence-corrected chi connectivity index (χ1v) is 10.1. The van der Waals surface area contributed by atoms with Crippen LogP contribution in [-0.2, 0) is 26.2 Å². The largest absolute Gasteiger partial charge is 0.481 e. The van der Waals surface area contributed by atoms with E-state index in [4.69, 9.17) is 10.2 Å². The molecule has 1 fully saturated rings. The van der Waals surface area contributed by atoms with E-state index in [1.54, 1.807) is 0 Å². The Hall–Kier alpha value is -1.97. The standard InChI is InChI=1S/C17H25N3O5S/c18-26(24,25)20-10-8-14(9-11-20)17(23)19-15(6-7-16(21)22)12-13-4-2-1-3-5-13/h1-5,14-15H,6-12H2,(H,19,23)(H,21,22)(H2,18,24,25). The van der Waals surface area contributed by atoms with Gasteiger partial charge in [0.1, 0.15) is 0 Å². The number of carbonyl (C=O) groups is 2. The van der Waals surface area contributed by atoms with Crippen LogP contribution in [0, 0.1) is 5.92 Å². The van der Waals surface area contributed by atoms with E-state index in [0.29, 0.717) is 25.7 Å². The third-order valence-corrected chi connectivity index (χ3v) is 5.65. The maximum atomic E-state index is 12.5. The van der Waals surface area contributed by atoms with Crippen molar-refractivity contribution in [3.8, 4) is 0 Å². The summed E-state index contributed by atoms with van der Waals surface area (Å²) in [5.74, 6) is -1.36. The van der Waals surface area contributed by atoms with E-state index in [1.165, 1.54) is 4.31 Å². The number of carboxylic acid groups (broad SMARTS) is 1. The highest BCUT2D eigenvalue weighted by atomic mass is 32.2. The summed E-state index contributed by atoms with van der Waals surface area (Å²) in [6.07, 6.45) is 1.67. The Labute approximate surface area is 153 Å². The van der Waals surface area contributed by atoms with Crippen LogP contribution in [0.4, 0.5) is 0 Å². The van der Waals surface area contributed by atoms with Crippen LogP contribution in [0.5, 0.6) is 0 Å². The van der Waals surface area contributed by atoms with Gasteiger partial charge in [0.15, 0.2) is 0 Å². The van der Waals surface area contributed by atoms with Gasteiger partial charge < -0.3 is 10.4 Å². The summed E-state index contributed by atoms with van der Waals surface area (Å²) in [6, 6.07) is 9.28. The Bertz CT molecular complexity index is 715. The van der Waals surface area contributed by atoms with Gasteiger partial charge in [-0.15, -0.1) is 0 Å². The van der Waals surface area contributed by atoms with Gasteiger partial charge >= 0.3 is 5.97 Å². The fraction of sp³-hybridized carbons (Fsp3) is 0.529. The topological polar surface area (TPSA) is 130 Å². The number of nitrogens with one attached hydrogen (secondary N) is 1. The molecule has 0 radical (unpaired) electrons. The van der Waals surface area contributed by atoms with E-state index in [2.05, 4.69) is 5.32 Å². The van der Waals surface area contributed by atoms with Crippen molar-refractivity contribution in [1.29, 1.82) is 0 Å². The van der Waals surface area contributed by atoms with E-state index in [-0.39, 0.29) is 37.4 Å². The molecule has 0 bridgehead atoms. The van der Waals surface area contributed by atoms with Gasteiger partial charge in [-0.25, -0.2) is 5.14 Å². The number of benzene rings is 1. The van der Waals surface area contributed by atoms with E-state index >= 15 is 0 Å². The predicted octanol–water partition coefficient (Wildman–Crippen LogP) is 0.494. The highest BCUT2D eigenvalue weighted by molar-refractivity contribution is 7.86. The maximum Gasteiger partial charge on any atom is 0.303 e. The summed E-state index contributed by atoms with van der Waals surface area (Å²) in [6.45, 7) is 0.435. The van der Waals surface area contributed by atoms with Crippen molar-refractivity contribution in [3.05, 3.63) is 35.9 Å². The highest BCUT2D eigenvalue weighted by Gasteiger charge is 2.30. The monoisotopic (exact) mass is 383 g/mol. The van der Waals surface area contributed by atoms with Crippen molar-refractivity contribution in [2.75, 3.05) is 13.1 Å². The minimum absolute atomic E-state index is 0.0261. The molecule has 1 saturated heterocycles. The fourth-order valence-corrected chi connectivity index (χ4v) is 3.83. The number of amides is 1. The number of rotatable bonds is 8. The number of carboxylic acids is 1. The lowest BCUT2D eigenvalue weighted by molar-refractivity contribution is -0.137. The van der Waals surface area contributed by atoms with E-state index in [0.717, 1.165) is 5.56 Å². The molecule has 1 heterocycles. The molecule has 1 aromatic rings. The molecule has 144 valence electrons. The molecule has 0 spiro atoms. The molecule has 1 unspecified atom stereocenters. The van der Waals surface area contributed by atoms with Crippen molar-refractivity contribution >= 4 is 22.1 Å². The van der Waals surface area contributed by atoms with Gasteiger partial charge in [0.25, 0.3) is 10.2 Å². The Morgan fingerprint density at radius 1 is 1.23 bits per heavy atom. The molecule has 2 rings (SSSR count). The van der Waals surface area contributed by atoms with Crippen molar-refractivity contribution in [3.63, 3.8) is 0 Å². The van der Waals surface area contributed by atoms with E-state index < -0.39 is 16.2 Å². The first kappa shape index (κ1) is 20.3. The minimum Gasteiger partial charge on any atom is -0.481 e. The molecule has 0 aromatic heterocycles. The molecule has 1 aromatic carbocycles. The normalized spacial score (nSPS) is 17.6. The Kier molecular flexibility index (Phi) is 7.13. The summed E-state index contributed by atoms with van der Waals surface area (Å²) >= 11 is 0. The van der Waals surface area contributed by atoms with Crippen LogP contribution in [0.2, 0.25) is 0 Å². The summed E-state index contributed by atoms with van der Waals surface area (Å²) < 4.78 is 23.9. The zero-order valence-corrected chi connectivity index (χ0v) is 15.3. The highest BCUT2D eigenvalue weighted by Crippen LogP contribution is 2.19. The molecule has 26 heavy (non-hydrogen) atoms. The first-order chi connectivity index (χ1) is 12.3. The molecule has 1 atom stereocenters. The van der Waals surface area contributed by atoms with Gasteiger partial charge in [0.2, 0.25) is 5.91 Å². The number of hydrogen-bond acceptors (Lipinski definition) is 4. The number of hydrogen-bond donors (Lipinski definition) is 3. The van der Waals surface area contributed by atoms with Gasteiger partial charge in [-0.2, -0.15) is 12.7 Å². The number of nitrogens with two attached hydrogens (primary N) is 1. The molecular formula is C17H25N3O5S. The number of aliphatic carboxylic acids is 1. The van der Waals surface area contributed by atoms with Gasteiger partial charge in [0.05, 0.1) is 0 Å². The maximum absolute atomic E-state index is 12.5. The second-order valence-electron chi connectivity index (χ2n) is 6.55. The van der Waals surface area contributed by atoms with Gasteiger partial charge in [-0.1, -0.05) is 30.3 Å². The van der Waals surface area contributed by atoms with E-state index in [9.17, 15) is 18.0 Å². The van der Waals surface area contributed by atoms with Crippen LogP contribution in [-0.4, -0.2) is 48.8 Å². The summed E-state index contributed by atoms with van der Waals surface area (Å²) in [5.41, 5.74) is 1.02. The third kappa shape index (κ3) is 6.40. The summed E-state index contributed by atoms with van der Waals surface area (Å²) in [4.78, 5) is 23.4. The molecule has 0 aliphatic carbocycles. The first-order valence-electron chi connectivity index (χ1n) is 8.59. The van der Waals surface area contributed by atoms with Crippen LogP contribution in [0.1, 0.15) is 31.2 Å². The Morgan fingerprint density at radius 3 is 2.38 bits per heavy atom. The average molecular weight is 383 g/mol. The van der Waals surface area contributed by atoms with Crippen molar-refractivity contribution in [2.45, 2.75) is 38.1 Å². The van der Waals surface area contributed by atoms with E-state index in [1.807, 2.05) is 30.3 Å². The van der Waals surface area contributed by atoms with Crippen molar-refractivity contribution < 1.29 is 23.1 Å². The molecular weight excluding hydrogens is 358 g/mol. The van der Waals surface area contributed by atoms with Gasteiger partial charge in [0, 0.05) is 31.5 Å². The molecule has 4 N–H and O–H groups in total. The number of carbonyl (C=O) groups excluding carboxylic acids is 1. The summed E-state index contributed by atoms with van der Waals surface area (Å²) in [5, 5.41) is 17.0. The van der Waals surface area contributed by atoms with Crippen LogP contribution in [0.3, 0.4) is 0 Å². The van der Waals surface area contributed by atoms with Crippen LogP contribution < -0.4 is 10.5 Å². The predicted molar refractivity (Wildman–Crippen MR) is 96.4 cm³/mol.